The molecule has 1 aromatic rings. The Hall–Kier alpha value is -0.310. The number of rotatable bonds is 1. The molecule has 0 heterocycles. The van der Waals surface area contributed by atoms with Crippen LogP contribution in [0.2, 0.25) is 15.1 Å². The van der Waals surface area contributed by atoms with E-state index in [2.05, 4.69) is 0 Å². The average molecular weight is 241 g/mol. The molecule has 0 spiro atoms. The molecule has 0 fully saturated rings. The van der Waals surface area contributed by atoms with Gasteiger partial charge in [0.25, 0.3) is 0 Å². The molecule has 0 radical (unpaired) electrons. The van der Waals surface area contributed by atoms with Gasteiger partial charge in [0.05, 0.1) is 15.7 Å². The third kappa shape index (κ3) is 1.96. The number of hydrogen-bond acceptors (Lipinski definition) is 2. The van der Waals surface area contributed by atoms with E-state index in [0.29, 0.717) is 10.7 Å². The number of anilines is 1. The molecule has 0 amide bonds. The molecule has 0 aliphatic carbocycles. The Balaban J connectivity index is 3.41. The standard InChI is InChI=1S/C8H8Cl3NO/c1-12(2)4-3-5(13)7(10)8(11)6(4)9/h3,13H,1-2H3. The van der Waals surface area contributed by atoms with Crippen molar-refractivity contribution in [3.8, 4) is 5.75 Å². The maximum atomic E-state index is 9.35. The van der Waals surface area contributed by atoms with Crippen LogP contribution in [0.5, 0.6) is 5.75 Å². The molecular formula is C8H8Cl3NO. The second-order valence-electron chi connectivity index (χ2n) is 2.75. The van der Waals surface area contributed by atoms with Gasteiger partial charge < -0.3 is 10.0 Å². The summed E-state index contributed by atoms with van der Waals surface area (Å²) in [6.45, 7) is 0. The van der Waals surface area contributed by atoms with Crippen LogP contribution in [0.25, 0.3) is 0 Å². The van der Waals surface area contributed by atoms with Crippen molar-refractivity contribution in [1.29, 1.82) is 0 Å². The minimum atomic E-state index is -0.0697. The largest absolute Gasteiger partial charge is 0.506 e. The molecule has 0 aliphatic heterocycles. The van der Waals surface area contributed by atoms with Crippen LogP contribution < -0.4 is 4.90 Å². The fourth-order valence-electron chi connectivity index (χ4n) is 0.903. The van der Waals surface area contributed by atoms with Crippen molar-refractivity contribution in [2.75, 3.05) is 19.0 Å². The van der Waals surface area contributed by atoms with Crippen LogP contribution in [-0.2, 0) is 0 Å². The molecule has 0 atom stereocenters. The molecule has 1 aromatic carbocycles. The maximum absolute atomic E-state index is 9.35. The fourth-order valence-corrected chi connectivity index (χ4v) is 1.61. The van der Waals surface area contributed by atoms with Gasteiger partial charge in [-0.15, -0.1) is 0 Å². The Kier molecular flexibility index (Phi) is 3.17. The van der Waals surface area contributed by atoms with E-state index < -0.39 is 0 Å². The molecule has 5 heteroatoms. The lowest BCUT2D eigenvalue weighted by Gasteiger charge is -2.16. The monoisotopic (exact) mass is 239 g/mol. The molecule has 13 heavy (non-hydrogen) atoms. The van der Waals surface area contributed by atoms with Gasteiger partial charge in [0.15, 0.2) is 0 Å². The van der Waals surface area contributed by atoms with Gasteiger partial charge in [-0.05, 0) is 0 Å². The molecule has 0 saturated carbocycles. The summed E-state index contributed by atoms with van der Waals surface area (Å²) >= 11 is 17.4. The zero-order chi connectivity index (χ0) is 10.2. The third-order valence-corrected chi connectivity index (χ3v) is 2.93. The van der Waals surface area contributed by atoms with E-state index in [9.17, 15) is 5.11 Å². The summed E-state index contributed by atoms with van der Waals surface area (Å²) in [5, 5.41) is 9.95. The lowest BCUT2D eigenvalue weighted by Crippen LogP contribution is -2.09. The maximum Gasteiger partial charge on any atom is 0.137 e. The van der Waals surface area contributed by atoms with Crippen molar-refractivity contribution >= 4 is 40.5 Å². The summed E-state index contributed by atoms with van der Waals surface area (Å²) in [5.41, 5.74) is 0.633. The predicted molar refractivity (Wildman–Crippen MR) is 57.5 cm³/mol. The minimum absolute atomic E-state index is 0.0697. The van der Waals surface area contributed by atoms with Crippen LogP contribution in [0, 0.1) is 0 Å². The van der Waals surface area contributed by atoms with E-state index >= 15 is 0 Å². The van der Waals surface area contributed by atoms with Crippen molar-refractivity contribution < 1.29 is 5.11 Å². The zero-order valence-electron chi connectivity index (χ0n) is 7.11. The Labute approximate surface area is 91.6 Å². The lowest BCUT2D eigenvalue weighted by molar-refractivity contribution is 0.475. The summed E-state index contributed by atoms with van der Waals surface area (Å²) in [7, 11) is 3.59. The number of nitrogens with zero attached hydrogens (tertiary/aromatic N) is 1. The Bertz CT molecular complexity index is 339. The van der Waals surface area contributed by atoms with E-state index in [-0.39, 0.29) is 15.8 Å². The topological polar surface area (TPSA) is 23.5 Å². The van der Waals surface area contributed by atoms with Crippen molar-refractivity contribution in [3.63, 3.8) is 0 Å². The first-order valence-electron chi connectivity index (χ1n) is 3.49. The molecule has 72 valence electrons. The van der Waals surface area contributed by atoms with Gasteiger partial charge >= 0.3 is 0 Å². The molecule has 1 rings (SSSR count). The third-order valence-electron chi connectivity index (χ3n) is 1.59. The van der Waals surface area contributed by atoms with Crippen LogP contribution >= 0.6 is 34.8 Å². The molecule has 0 unspecified atom stereocenters. The minimum Gasteiger partial charge on any atom is -0.506 e. The van der Waals surface area contributed by atoms with Crippen LogP contribution in [0.15, 0.2) is 6.07 Å². The quantitative estimate of drug-likeness (QED) is 0.760. The van der Waals surface area contributed by atoms with E-state index in [1.165, 1.54) is 6.07 Å². The first kappa shape index (κ1) is 10.8. The smallest absolute Gasteiger partial charge is 0.137 e. The lowest BCUT2D eigenvalue weighted by atomic mass is 10.3. The summed E-state index contributed by atoms with van der Waals surface area (Å²) in [4.78, 5) is 1.74. The number of benzene rings is 1. The molecule has 0 bridgehead atoms. The number of phenolic OH excluding ortho intramolecular Hbond substituents is 1. The Morgan fingerprint density at radius 1 is 1.08 bits per heavy atom. The van der Waals surface area contributed by atoms with Crippen LogP contribution in [-0.4, -0.2) is 19.2 Å². The van der Waals surface area contributed by atoms with Crippen molar-refractivity contribution in [3.05, 3.63) is 21.1 Å². The van der Waals surface area contributed by atoms with Gasteiger partial charge in [0.1, 0.15) is 10.8 Å². The summed E-state index contributed by atoms with van der Waals surface area (Å²) in [6.07, 6.45) is 0. The van der Waals surface area contributed by atoms with Crippen LogP contribution in [0.3, 0.4) is 0 Å². The molecule has 2 nitrogen and oxygen atoms in total. The second-order valence-corrected chi connectivity index (χ2v) is 3.89. The number of phenols is 1. The normalized spacial score (nSPS) is 10.2. The van der Waals surface area contributed by atoms with Gasteiger partial charge in [-0.25, -0.2) is 0 Å². The number of halogens is 3. The molecule has 1 N–H and O–H groups in total. The van der Waals surface area contributed by atoms with E-state index in [4.69, 9.17) is 34.8 Å². The van der Waals surface area contributed by atoms with E-state index in [0.717, 1.165) is 0 Å². The van der Waals surface area contributed by atoms with Gasteiger partial charge in [0, 0.05) is 20.2 Å². The van der Waals surface area contributed by atoms with Crippen LogP contribution in [0.1, 0.15) is 0 Å². The predicted octanol–water partition coefficient (Wildman–Crippen LogP) is 3.42. The van der Waals surface area contributed by atoms with Gasteiger partial charge in [-0.1, -0.05) is 34.8 Å². The van der Waals surface area contributed by atoms with Crippen molar-refractivity contribution in [1.82, 2.24) is 0 Å². The zero-order valence-corrected chi connectivity index (χ0v) is 9.37. The highest BCUT2D eigenvalue weighted by atomic mass is 35.5. The first-order chi connectivity index (χ1) is 5.95. The number of hydrogen-bond donors (Lipinski definition) is 1. The second kappa shape index (κ2) is 3.82. The van der Waals surface area contributed by atoms with E-state index in [1.54, 1.807) is 19.0 Å². The molecule has 0 aliphatic rings. The van der Waals surface area contributed by atoms with E-state index in [1.807, 2.05) is 0 Å². The Morgan fingerprint density at radius 3 is 2.08 bits per heavy atom. The van der Waals surface area contributed by atoms with Gasteiger partial charge in [-0.2, -0.15) is 0 Å². The average Bonchev–Trinajstić information content (AvgIpc) is 2.07. The van der Waals surface area contributed by atoms with Gasteiger partial charge in [0.2, 0.25) is 0 Å². The highest BCUT2D eigenvalue weighted by Gasteiger charge is 2.14. The summed E-state index contributed by atoms with van der Waals surface area (Å²) < 4.78 is 0. The summed E-state index contributed by atoms with van der Waals surface area (Å²) in [6, 6.07) is 1.47. The summed E-state index contributed by atoms with van der Waals surface area (Å²) in [5.74, 6) is -0.0697. The first-order valence-corrected chi connectivity index (χ1v) is 4.62. The van der Waals surface area contributed by atoms with Crippen molar-refractivity contribution in [2.45, 2.75) is 0 Å². The highest BCUT2D eigenvalue weighted by Crippen LogP contribution is 2.42. The molecular weight excluding hydrogens is 232 g/mol. The fraction of sp³-hybridized carbons (Fsp3) is 0.250. The SMILES string of the molecule is CN(C)c1cc(O)c(Cl)c(Cl)c1Cl. The Morgan fingerprint density at radius 2 is 1.62 bits per heavy atom. The van der Waals surface area contributed by atoms with Gasteiger partial charge in [-0.3, -0.25) is 0 Å². The van der Waals surface area contributed by atoms with Crippen molar-refractivity contribution in [2.24, 2.45) is 0 Å². The molecule has 0 saturated heterocycles. The highest BCUT2D eigenvalue weighted by molar-refractivity contribution is 6.49. The molecule has 0 aromatic heterocycles. The number of aromatic hydroxyl groups is 1. The van der Waals surface area contributed by atoms with Crippen LogP contribution in [0.4, 0.5) is 5.69 Å².